The molecule has 3 aliphatic rings. The number of benzene rings is 2. The minimum absolute atomic E-state index is 0.114. The van der Waals surface area contributed by atoms with Gasteiger partial charge in [-0.1, -0.05) is 49.8 Å². The molecule has 2 heterocycles. The topological polar surface area (TPSA) is 105 Å². The van der Waals surface area contributed by atoms with E-state index >= 15 is 0 Å². The summed E-state index contributed by atoms with van der Waals surface area (Å²) >= 11 is 3.71. The summed E-state index contributed by atoms with van der Waals surface area (Å²) in [6.45, 7) is 12.3. The second-order valence-electron chi connectivity index (χ2n) is 12.1. The van der Waals surface area contributed by atoms with E-state index in [0.717, 1.165) is 29.3 Å². The molecule has 3 N–H and O–H groups in total. The van der Waals surface area contributed by atoms with E-state index in [1.807, 2.05) is 39.8 Å². The van der Waals surface area contributed by atoms with Crippen molar-refractivity contribution in [3.05, 3.63) is 53.8 Å². The van der Waals surface area contributed by atoms with E-state index in [-0.39, 0.29) is 24.9 Å². The molecule has 3 aromatic rings. The molecule has 2 saturated carbocycles. The lowest BCUT2D eigenvalue weighted by atomic mass is 10.1. The van der Waals surface area contributed by atoms with Gasteiger partial charge in [0.1, 0.15) is 11.9 Å². The van der Waals surface area contributed by atoms with Gasteiger partial charge >= 0.3 is 0 Å². The number of fused-ring (bicyclic) bond motifs is 1. The fourth-order valence-electron chi connectivity index (χ4n) is 4.76. The number of aromatic nitrogens is 1. The average Bonchev–Trinajstić information content (AvgIpc) is 3.95. The molecule has 3 atom stereocenters. The number of rotatable bonds is 14. The molecular formula is C35H53FN4O5S2. The molecular weight excluding hydrogens is 640 g/mol. The molecule has 12 heteroatoms. The molecule has 47 heavy (non-hydrogen) atoms. The zero-order chi connectivity index (χ0) is 34.2. The number of aliphatic hydroxyl groups excluding tert-OH is 1. The Balaban J connectivity index is 0.000000226. The number of carbonyl (C=O) groups is 1. The molecule has 0 radical (unpaired) electrons. The second-order valence-corrected chi connectivity index (χ2v) is 14.3. The summed E-state index contributed by atoms with van der Waals surface area (Å²) in [5.74, 6) is -0.448. The number of ether oxygens (including phenoxy) is 3. The van der Waals surface area contributed by atoms with Gasteiger partial charge in [0.25, 0.3) is 6.47 Å². The Bertz CT molecular complexity index is 1300. The number of methoxy groups -OCH3 is 1. The van der Waals surface area contributed by atoms with Gasteiger partial charge in [-0.15, -0.1) is 0 Å². The Morgan fingerprint density at radius 3 is 2.51 bits per heavy atom. The second kappa shape index (κ2) is 20.3. The molecule has 0 bridgehead atoms. The molecule has 9 nitrogen and oxygen atoms in total. The van der Waals surface area contributed by atoms with E-state index in [9.17, 15) is 9.18 Å². The molecule has 0 spiro atoms. The van der Waals surface area contributed by atoms with Crippen molar-refractivity contribution in [3.8, 4) is 0 Å². The number of thiazole rings is 1. The van der Waals surface area contributed by atoms with Crippen molar-refractivity contribution in [2.45, 2.75) is 83.1 Å². The van der Waals surface area contributed by atoms with E-state index < -0.39 is 12.4 Å². The molecule has 0 amide bonds. The average molecular weight is 693 g/mol. The zero-order valence-electron chi connectivity index (χ0n) is 28.7. The van der Waals surface area contributed by atoms with Crippen molar-refractivity contribution in [2.24, 2.45) is 11.3 Å². The summed E-state index contributed by atoms with van der Waals surface area (Å²) in [6.07, 6.45) is 5.66. The summed E-state index contributed by atoms with van der Waals surface area (Å²) in [6, 6.07) is 13.8. The number of nitrogens with zero attached hydrogens (tertiary/aromatic N) is 2. The lowest BCUT2D eigenvalue weighted by Crippen LogP contribution is -2.30. The lowest BCUT2D eigenvalue weighted by Gasteiger charge is -2.24. The van der Waals surface area contributed by atoms with Crippen molar-refractivity contribution in [3.63, 3.8) is 0 Å². The third-order valence-corrected chi connectivity index (χ3v) is 9.92. The summed E-state index contributed by atoms with van der Waals surface area (Å²) in [5, 5.41) is 16.8. The van der Waals surface area contributed by atoms with Crippen LogP contribution in [0.3, 0.4) is 0 Å². The van der Waals surface area contributed by atoms with Crippen LogP contribution in [0.5, 0.6) is 0 Å². The molecule has 6 rings (SSSR count). The summed E-state index contributed by atoms with van der Waals surface area (Å²) in [4.78, 5) is 16.1. The normalized spacial score (nSPS) is 20.7. The maximum atomic E-state index is 12.1. The van der Waals surface area contributed by atoms with Gasteiger partial charge in [0.15, 0.2) is 11.4 Å². The summed E-state index contributed by atoms with van der Waals surface area (Å²) in [5.41, 5.74) is 2.75. The molecule has 1 aromatic heterocycles. The SMILES string of the molecule is CC.CNCCCN(CC1(C)CC1)Sc1ccc2nc(NC3CC3)sc2c1.COC1OCC(OC=O)C1CO.Cc1ccc(F)cc1. The quantitative estimate of drug-likeness (QED) is 0.0940. The highest BCUT2D eigenvalue weighted by atomic mass is 32.2. The van der Waals surface area contributed by atoms with Crippen molar-refractivity contribution < 1.29 is 28.5 Å². The number of anilines is 1. The minimum Gasteiger partial charge on any atom is -0.462 e. The maximum absolute atomic E-state index is 12.1. The van der Waals surface area contributed by atoms with Gasteiger partial charge in [0.2, 0.25) is 0 Å². The monoisotopic (exact) mass is 692 g/mol. The van der Waals surface area contributed by atoms with Gasteiger partial charge in [-0.2, -0.15) is 0 Å². The zero-order valence-corrected chi connectivity index (χ0v) is 30.3. The van der Waals surface area contributed by atoms with E-state index in [4.69, 9.17) is 24.3 Å². The largest absolute Gasteiger partial charge is 0.462 e. The number of carbonyl (C=O) groups excluding carboxylic acids is 1. The van der Waals surface area contributed by atoms with Gasteiger partial charge < -0.3 is 30.0 Å². The first-order chi connectivity index (χ1) is 22.7. The lowest BCUT2D eigenvalue weighted by molar-refractivity contribution is -0.137. The number of aryl methyl sites for hydroxylation is 1. The first-order valence-corrected chi connectivity index (χ1v) is 18.2. The van der Waals surface area contributed by atoms with Crippen LogP contribution >= 0.6 is 23.3 Å². The van der Waals surface area contributed by atoms with Crippen LogP contribution in [-0.2, 0) is 19.0 Å². The Labute approximate surface area is 288 Å². The van der Waals surface area contributed by atoms with Crippen LogP contribution in [0.15, 0.2) is 47.4 Å². The van der Waals surface area contributed by atoms with Crippen molar-refractivity contribution in [1.82, 2.24) is 14.6 Å². The van der Waals surface area contributed by atoms with Crippen LogP contribution in [0.4, 0.5) is 9.52 Å². The predicted octanol–water partition coefficient (Wildman–Crippen LogP) is 6.89. The highest BCUT2D eigenvalue weighted by Crippen LogP contribution is 2.47. The molecule has 1 aliphatic heterocycles. The molecule has 2 aliphatic carbocycles. The van der Waals surface area contributed by atoms with Crippen molar-refractivity contribution in [1.29, 1.82) is 0 Å². The van der Waals surface area contributed by atoms with Gasteiger partial charge in [0, 0.05) is 31.1 Å². The van der Waals surface area contributed by atoms with Gasteiger partial charge in [-0.05, 0) is 100 Å². The van der Waals surface area contributed by atoms with Crippen LogP contribution in [0.1, 0.15) is 58.4 Å². The van der Waals surface area contributed by atoms with Crippen LogP contribution in [-0.4, -0.2) is 86.3 Å². The van der Waals surface area contributed by atoms with Gasteiger partial charge in [0.05, 0.1) is 29.3 Å². The third-order valence-electron chi connectivity index (χ3n) is 7.93. The van der Waals surface area contributed by atoms with E-state index in [1.165, 1.54) is 67.5 Å². The number of hydrogen-bond acceptors (Lipinski definition) is 11. The number of aliphatic hydroxyl groups is 1. The third kappa shape index (κ3) is 13.6. The molecule has 3 unspecified atom stereocenters. The summed E-state index contributed by atoms with van der Waals surface area (Å²) in [7, 11) is 3.52. The standard InChI is InChI=1S/C19H28N4S2.C7H7F.C7H12O5.C2H6/c1-19(8-9-19)13-23(11-3-10-20-2)25-15-6-7-16-17(12-15)24-18(22-16)21-14-4-5-14;1-6-2-4-7(8)5-3-6;1-10-7-5(2-8)6(3-11-7)12-4-9;1-2/h6-7,12,14,20H,3-5,8-11,13H2,1-2H3,(H,21,22);2-5H,1H3;4-8H,2-3H2,1H3;1-2H3. The van der Waals surface area contributed by atoms with Crippen LogP contribution in [0, 0.1) is 24.1 Å². The number of halogens is 1. The van der Waals surface area contributed by atoms with Crippen LogP contribution in [0.25, 0.3) is 10.2 Å². The van der Waals surface area contributed by atoms with E-state index in [0.29, 0.717) is 17.9 Å². The van der Waals surface area contributed by atoms with E-state index in [2.05, 4.69) is 40.1 Å². The molecule has 262 valence electrons. The fourth-order valence-corrected chi connectivity index (χ4v) is 7.02. The Hall–Kier alpha value is -2.32. The van der Waals surface area contributed by atoms with Gasteiger partial charge in [-0.3, -0.25) is 4.79 Å². The maximum Gasteiger partial charge on any atom is 0.293 e. The highest BCUT2D eigenvalue weighted by molar-refractivity contribution is 7.97. The minimum atomic E-state index is -0.472. The Morgan fingerprint density at radius 2 is 1.94 bits per heavy atom. The number of hydrogen-bond donors (Lipinski definition) is 3. The van der Waals surface area contributed by atoms with Gasteiger partial charge in [-0.25, -0.2) is 13.7 Å². The smallest absolute Gasteiger partial charge is 0.293 e. The molecule has 3 fully saturated rings. The first kappa shape index (κ1) is 39.1. The molecule has 1 saturated heterocycles. The van der Waals surface area contributed by atoms with Crippen molar-refractivity contribution >= 4 is 45.1 Å². The van der Waals surface area contributed by atoms with Crippen LogP contribution < -0.4 is 10.6 Å². The number of nitrogens with one attached hydrogen (secondary N) is 2. The predicted molar refractivity (Wildman–Crippen MR) is 190 cm³/mol. The summed E-state index contributed by atoms with van der Waals surface area (Å²) < 4.78 is 30.7. The molecule has 2 aromatic carbocycles. The highest BCUT2D eigenvalue weighted by Gasteiger charge is 2.39. The Morgan fingerprint density at radius 1 is 1.21 bits per heavy atom. The first-order valence-electron chi connectivity index (χ1n) is 16.6. The Kier molecular flexibility index (Phi) is 16.9. The van der Waals surface area contributed by atoms with Crippen molar-refractivity contribution in [2.75, 3.05) is 52.3 Å². The van der Waals surface area contributed by atoms with E-state index in [1.54, 1.807) is 23.5 Å². The van der Waals surface area contributed by atoms with Crippen LogP contribution in [0.2, 0.25) is 0 Å². The fraction of sp³-hybridized carbons (Fsp3) is 0.600.